The van der Waals surface area contributed by atoms with Crippen molar-refractivity contribution in [1.29, 1.82) is 0 Å². The third-order valence-electron chi connectivity index (χ3n) is 6.98. The Bertz CT molecular complexity index is 1260. The summed E-state index contributed by atoms with van der Waals surface area (Å²) in [6.07, 6.45) is 12.0. The van der Waals surface area contributed by atoms with Crippen molar-refractivity contribution in [3.05, 3.63) is 64.8 Å². The maximum absolute atomic E-state index is 13.5. The van der Waals surface area contributed by atoms with Crippen molar-refractivity contribution in [3.63, 3.8) is 0 Å². The summed E-state index contributed by atoms with van der Waals surface area (Å²) in [5.74, 6) is 0.000987. The Labute approximate surface area is 192 Å². The van der Waals surface area contributed by atoms with Gasteiger partial charge in [0.15, 0.2) is 0 Å². The average molecular weight is 448 g/mol. The average Bonchev–Trinajstić information content (AvgIpc) is 3.43. The van der Waals surface area contributed by atoms with E-state index in [-0.39, 0.29) is 17.5 Å². The zero-order valence-corrected chi connectivity index (χ0v) is 19.1. The molecule has 1 amide bonds. The molecule has 4 heterocycles. The van der Waals surface area contributed by atoms with Crippen molar-refractivity contribution >= 4 is 28.7 Å². The van der Waals surface area contributed by atoms with Crippen LogP contribution >= 0.6 is 0 Å². The lowest BCUT2D eigenvalue weighted by Crippen LogP contribution is -2.49. The number of carbonyl (C=O) groups is 1. The predicted octanol–water partition coefficient (Wildman–Crippen LogP) is 2.19. The fraction of sp³-hybridized carbons (Fsp3) is 0.400. The van der Waals surface area contributed by atoms with Gasteiger partial charge in [-0.1, -0.05) is 6.08 Å². The number of fused-ring (bicyclic) bond motifs is 2. The van der Waals surface area contributed by atoms with Crippen molar-refractivity contribution in [2.24, 2.45) is 4.99 Å². The molecule has 0 aromatic carbocycles. The number of aromatic amines is 1. The predicted molar refractivity (Wildman–Crippen MR) is 129 cm³/mol. The molecule has 1 fully saturated rings. The van der Waals surface area contributed by atoms with Gasteiger partial charge in [-0.05, 0) is 37.1 Å². The Kier molecular flexibility index (Phi) is 5.32. The molecule has 2 aliphatic heterocycles. The lowest BCUT2D eigenvalue weighted by atomic mass is 9.77. The number of hydrogen-bond acceptors (Lipinski definition) is 5. The SMILES string of the molecule is C=CCCn1cc(C2=CC(C(=O)N3CCOCC3)=CC3(C)C2N=CN3C)c2cc[nH]c2c1=O. The van der Waals surface area contributed by atoms with E-state index in [0.29, 0.717) is 50.4 Å². The number of hydrogen-bond donors (Lipinski definition) is 1. The molecule has 2 aromatic heterocycles. The molecule has 0 spiro atoms. The Morgan fingerprint density at radius 1 is 1.39 bits per heavy atom. The number of carbonyl (C=O) groups excluding carboxylic acids is 1. The van der Waals surface area contributed by atoms with Crippen LogP contribution in [0.1, 0.15) is 18.9 Å². The number of rotatable bonds is 5. The van der Waals surface area contributed by atoms with Crippen LogP contribution in [0.15, 0.2) is 58.6 Å². The second kappa shape index (κ2) is 8.19. The Morgan fingerprint density at radius 3 is 2.94 bits per heavy atom. The van der Waals surface area contributed by atoms with E-state index >= 15 is 0 Å². The van der Waals surface area contributed by atoms with Crippen LogP contribution in [-0.2, 0) is 16.1 Å². The second-order valence-corrected chi connectivity index (χ2v) is 8.99. The first kappa shape index (κ1) is 21.5. The van der Waals surface area contributed by atoms with Crippen molar-refractivity contribution in [3.8, 4) is 0 Å². The minimum atomic E-state index is -0.480. The molecule has 8 nitrogen and oxygen atoms in total. The largest absolute Gasteiger partial charge is 0.378 e. The molecule has 1 saturated heterocycles. The molecule has 3 aliphatic rings. The van der Waals surface area contributed by atoms with E-state index in [9.17, 15) is 9.59 Å². The highest BCUT2D eigenvalue weighted by molar-refractivity contribution is 6.03. The number of morpholine rings is 1. The van der Waals surface area contributed by atoms with Crippen molar-refractivity contribution in [1.82, 2.24) is 19.4 Å². The summed E-state index contributed by atoms with van der Waals surface area (Å²) in [5.41, 5.74) is 2.52. The van der Waals surface area contributed by atoms with Gasteiger partial charge < -0.3 is 24.1 Å². The van der Waals surface area contributed by atoms with E-state index < -0.39 is 5.54 Å². The molecular formula is C25H29N5O3. The minimum Gasteiger partial charge on any atom is -0.378 e. The third kappa shape index (κ3) is 3.45. The van der Waals surface area contributed by atoms with Gasteiger partial charge >= 0.3 is 0 Å². The summed E-state index contributed by atoms with van der Waals surface area (Å²) >= 11 is 0. The van der Waals surface area contributed by atoms with Crippen molar-refractivity contribution in [2.75, 3.05) is 33.4 Å². The van der Waals surface area contributed by atoms with Gasteiger partial charge in [0, 0.05) is 55.6 Å². The van der Waals surface area contributed by atoms with E-state index in [0.717, 1.165) is 16.5 Å². The number of pyridine rings is 1. The van der Waals surface area contributed by atoms with Gasteiger partial charge in [0.2, 0.25) is 0 Å². The smallest absolute Gasteiger partial charge is 0.274 e. The molecule has 172 valence electrons. The number of allylic oxidation sites excluding steroid dienone is 1. The zero-order valence-electron chi connectivity index (χ0n) is 19.1. The van der Waals surface area contributed by atoms with Gasteiger partial charge in [0.1, 0.15) is 11.6 Å². The molecule has 8 heteroatoms. The van der Waals surface area contributed by atoms with Crippen LogP contribution in [0.2, 0.25) is 0 Å². The van der Waals surface area contributed by atoms with Crippen LogP contribution in [0.25, 0.3) is 16.5 Å². The number of aryl methyl sites for hydroxylation is 1. The Morgan fingerprint density at radius 2 is 2.18 bits per heavy atom. The monoisotopic (exact) mass is 447 g/mol. The maximum atomic E-state index is 13.5. The minimum absolute atomic E-state index is 0.000987. The van der Waals surface area contributed by atoms with E-state index in [4.69, 9.17) is 9.73 Å². The lowest BCUT2D eigenvalue weighted by molar-refractivity contribution is -0.130. The number of nitrogens with zero attached hydrogens (tertiary/aromatic N) is 4. The molecule has 1 N–H and O–H groups in total. The van der Waals surface area contributed by atoms with Crippen LogP contribution in [0.4, 0.5) is 0 Å². The summed E-state index contributed by atoms with van der Waals surface area (Å²) in [6.45, 7) is 8.70. The highest BCUT2D eigenvalue weighted by Gasteiger charge is 2.45. The first-order valence-corrected chi connectivity index (χ1v) is 11.3. The summed E-state index contributed by atoms with van der Waals surface area (Å²) in [7, 11) is 1.98. The summed E-state index contributed by atoms with van der Waals surface area (Å²) in [4.78, 5) is 38.3. The van der Waals surface area contributed by atoms with E-state index in [1.807, 2.05) is 42.7 Å². The lowest BCUT2D eigenvalue weighted by Gasteiger charge is -2.39. The molecule has 0 radical (unpaired) electrons. The van der Waals surface area contributed by atoms with Crippen LogP contribution in [0.3, 0.4) is 0 Å². The number of aliphatic imine (C=N–C) groups is 1. The van der Waals surface area contributed by atoms with Gasteiger partial charge in [-0.15, -0.1) is 6.58 Å². The Hall–Kier alpha value is -3.39. The highest BCUT2D eigenvalue weighted by atomic mass is 16.5. The molecule has 2 aromatic rings. The highest BCUT2D eigenvalue weighted by Crippen LogP contribution is 2.42. The van der Waals surface area contributed by atoms with Gasteiger partial charge in [0.25, 0.3) is 11.5 Å². The number of aromatic nitrogens is 2. The first-order chi connectivity index (χ1) is 15.9. The van der Waals surface area contributed by atoms with Crippen LogP contribution in [0, 0.1) is 0 Å². The summed E-state index contributed by atoms with van der Waals surface area (Å²) in [6, 6.07) is 1.74. The molecule has 0 saturated carbocycles. The first-order valence-electron chi connectivity index (χ1n) is 11.3. The molecule has 2 unspecified atom stereocenters. The van der Waals surface area contributed by atoms with Gasteiger partial charge in [-0.25, -0.2) is 0 Å². The second-order valence-electron chi connectivity index (χ2n) is 8.99. The number of ether oxygens (including phenoxy) is 1. The Balaban J connectivity index is 1.67. The van der Waals surface area contributed by atoms with E-state index in [2.05, 4.69) is 23.4 Å². The summed E-state index contributed by atoms with van der Waals surface area (Å²) < 4.78 is 7.15. The third-order valence-corrected chi connectivity index (χ3v) is 6.98. The molecule has 5 rings (SSSR count). The molecule has 0 bridgehead atoms. The van der Waals surface area contributed by atoms with Gasteiger partial charge in [-0.2, -0.15) is 0 Å². The van der Waals surface area contributed by atoms with Crippen LogP contribution in [-0.4, -0.2) is 76.5 Å². The van der Waals surface area contributed by atoms with Gasteiger partial charge in [-0.3, -0.25) is 14.6 Å². The number of H-pyrrole nitrogens is 1. The topological polar surface area (TPSA) is 82.9 Å². The molecule has 33 heavy (non-hydrogen) atoms. The number of nitrogens with one attached hydrogen (secondary N) is 1. The fourth-order valence-electron chi connectivity index (χ4n) is 4.94. The fourth-order valence-corrected chi connectivity index (χ4v) is 4.94. The van der Waals surface area contributed by atoms with Crippen LogP contribution in [0.5, 0.6) is 0 Å². The van der Waals surface area contributed by atoms with E-state index in [1.54, 1.807) is 16.8 Å². The van der Waals surface area contributed by atoms with Crippen molar-refractivity contribution in [2.45, 2.75) is 31.5 Å². The summed E-state index contributed by atoms with van der Waals surface area (Å²) in [5, 5.41) is 0.841. The molecule has 1 aliphatic carbocycles. The van der Waals surface area contributed by atoms with Crippen molar-refractivity contribution < 1.29 is 9.53 Å². The van der Waals surface area contributed by atoms with E-state index in [1.165, 1.54) is 0 Å². The van der Waals surface area contributed by atoms with Gasteiger partial charge in [0.05, 0.1) is 25.1 Å². The number of likely N-dealkylation sites (N-methyl/N-ethyl adjacent to an activating group) is 1. The standard InChI is InChI=1S/C25H29N5O3/c1-4-5-8-30-15-20(18-6-7-26-21(18)24(30)32)19-13-17(23(31)29-9-11-33-12-10-29)14-25(2)22(19)27-16-28(25)3/h4,6-7,13-16,22,26H,1,5,8-12H2,2-3H3. The normalized spacial score (nSPS) is 24.6. The zero-order chi connectivity index (χ0) is 23.2. The maximum Gasteiger partial charge on any atom is 0.274 e. The molecular weight excluding hydrogens is 418 g/mol. The van der Waals surface area contributed by atoms with Crippen LogP contribution < -0.4 is 5.56 Å². The molecule has 2 atom stereocenters. The number of amides is 1. The quantitative estimate of drug-likeness (QED) is 0.713.